The summed E-state index contributed by atoms with van der Waals surface area (Å²) >= 11 is 0. The molecule has 0 atom stereocenters. The van der Waals surface area contributed by atoms with Crippen LogP contribution in [-0.2, 0) is 0 Å². The van der Waals surface area contributed by atoms with E-state index in [1.165, 1.54) is 0 Å². The summed E-state index contributed by atoms with van der Waals surface area (Å²) in [6.45, 7) is 1.44. The summed E-state index contributed by atoms with van der Waals surface area (Å²) in [5.41, 5.74) is 0.669. The number of carbonyl (C=O) groups is 1. The van der Waals surface area contributed by atoms with E-state index in [0.29, 0.717) is 29.4 Å². The molecule has 8 heteroatoms. The first-order chi connectivity index (χ1) is 11.5. The second-order valence-corrected chi connectivity index (χ2v) is 5.41. The molecular weight excluding hydrogens is 312 g/mol. The molecule has 0 aliphatic rings. The summed E-state index contributed by atoms with van der Waals surface area (Å²) < 4.78 is 15.5. The number of hydrogen-bond donors (Lipinski definition) is 1. The minimum atomic E-state index is -0.381. The van der Waals surface area contributed by atoms with E-state index in [1.54, 1.807) is 32.4 Å². The first-order valence-corrected chi connectivity index (χ1v) is 7.54. The second kappa shape index (κ2) is 8.30. The highest BCUT2D eigenvalue weighted by atomic mass is 16.5. The zero-order chi connectivity index (χ0) is 17.5. The van der Waals surface area contributed by atoms with Gasteiger partial charge >= 0.3 is 11.8 Å². The number of rotatable bonds is 8. The van der Waals surface area contributed by atoms with Gasteiger partial charge in [0.25, 0.3) is 0 Å². The largest absolute Gasteiger partial charge is 0.493 e. The highest BCUT2D eigenvalue weighted by molar-refractivity contribution is 5.89. The number of aromatic nitrogens is 2. The number of nitrogens with one attached hydrogen (secondary N) is 1. The first kappa shape index (κ1) is 17.7. The van der Waals surface area contributed by atoms with Crippen molar-refractivity contribution in [2.24, 2.45) is 0 Å². The van der Waals surface area contributed by atoms with E-state index >= 15 is 0 Å². The van der Waals surface area contributed by atoms with Gasteiger partial charge in [0.15, 0.2) is 11.5 Å². The van der Waals surface area contributed by atoms with E-state index in [-0.39, 0.29) is 11.8 Å². The standard InChI is InChI=1S/C16H22N4O4/c1-20(2)9-5-8-17-15(21)16-18-14(19-24-16)11-6-7-12(22-3)13(10-11)23-4/h6-7,10H,5,8-9H2,1-4H3,(H,17,21). The molecule has 2 aromatic rings. The molecule has 1 N–H and O–H groups in total. The molecule has 0 fully saturated rings. The van der Waals surface area contributed by atoms with Crippen LogP contribution in [0.3, 0.4) is 0 Å². The Bertz CT molecular complexity index is 684. The Balaban J connectivity index is 2.03. The van der Waals surface area contributed by atoms with Crippen LogP contribution in [0.4, 0.5) is 0 Å². The Labute approximate surface area is 140 Å². The van der Waals surface area contributed by atoms with Crippen molar-refractivity contribution in [1.82, 2.24) is 20.4 Å². The van der Waals surface area contributed by atoms with Crippen molar-refractivity contribution in [2.75, 3.05) is 41.4 Å². The highest BCUT2D eigenvalue weighted by Crippen LogP contribution is 2.31. The number of benzene rings is 1. The molecule has 1 heterocycles. The Morgan fingerprint density at radius 3 is 2.67 bits per heavy atom. The van der Waals surface area contributed by atoms with Crippen molar-refractivity contribution in [3.63, 3.8) is 0 Å². The van der Waals surface area contributed by atoms with Gasteiger partial charge in [-0.25, -0.2) is 0 Å². The van der Waals surface area contributed by atoms with Gasteiger partial charge in [0.05, 0.1) is 14.2 Å². The van der Waals surface area contributed by atoms with Gasteiger partial charge in [-0.1, -0.05) is 5.16 Å². The van der Waals surface area contributed by atoms with Crippen LogP contribution in [0.5, 0.6) is 11.5 Å². The van der Waals surface area contributed by atoms with E-state index in [0.717, 1.165) is 13.0 Å². The maximum Gasteiger partial charge on any atom is 0.316 e. The topological polar surface area (TPSA) is 89.7 Å². The second-order valence-electron chi connectivity index (χ2n) is 5.41. The van der Waals surface area contributed by atoms with Crippen LogP contribution < -0.4 is 14.8 Å². The molecule has 0 aliphatic carbocycles. The van der Waals surface area contributed by atoms with E-state index in [4.69, 9.17) is 14.0 Å². The Morgan fingerprint density at radius 2 is 2.00 bits per heavy atom. The molecule has 0 saturated heterocycles. The Morgan fingerprint density at radius 1 is 1.25 bits per heavy atom. The predicted molar refractivity (Wildman–Crippen MR) is 88.3 cm³/mol. The zero-order valence-electron chi connectivity index (χ0n) is 14.3. The Hall–Kier alpha value is -2.61. The van der Waals surface area contributed by atoms with Crippen LogP contribution >= 0.6 is 0 Å². The smallest absolute Gasteiger partial charge is 0.316 e. The van der Waals surface area contributed by atoms with E-state index in [1.807, 2.05) is 19.0 Å². The molecule has 0 saturated carbocycles. The van der Waals surface area contributed by atoms with Crippen molar-refractivity contribution >= 4 is 5.91 Å². The average Bonchev–Trinajstić information content (AvgIpc) is 3.07. The SMILES string of the molecule is COc1ccc(-c2noc(C(=O)NCCCN(C)C)n2)cc1OC. The molecule has 1 amide bonds. The van der Waals surface area contributed by atoms with Crippen LogP contribution in [0.2, 0.25) is 0 Å². The lowest BCUT2D eigenvalue weighted by Gasteiger charge is -2.08. The summed E-state index contributed by atoms with van der Waals surface area (Å²) in [5, 5.41) is 6.60. The van der Waals surface area contributed by atoms with Crippen molar-refractivity contribution in [3.8, 4) is 22.9 Å². The van der Waals surface area contributed by atoms with Crippen LogP contribution in [-0.4, -0.2) is 62.4 Å². The molecule has 24 heavy (non-hydrogen) atoms. The molecule has 0 unspecified atom stereocenters. The van der Waals surface area contributed by atoms with Crippen LogP contribution in [0, 0.1) is 0 Å². The van der Waals surface area contributed by atoms with Gasteiger partial charge in [0.1, 0.15) is 0 Å². The van der Waals surface area contributed by atoms with E-state index < -0.39 is 0 Å². The summed E-state index contributed by atoms with van der Waals surface area (Å²) in [6.07, 6.45) is 0.843. The normalized spacial score (nSPS) is 10.7. The van der Waals surface area contributed by atoms with Crippen molar-refractivity contribution in [2.45, 2.75) is 6.42 Å². The van der Waals surface area contributed by atoms with Gasteiger partial charge in [0, 0.05) is 12.1 Å². The van der Waals surface area contributed by atoms with E-state index in [2.05, 4.69) is 15.5 Å². The molecular formula is C16H22N4O4. The fraction of sp³-hybridized carbons (Fsp3) is 0.438. The predicted octanol–water partition coefficient (Wildman–Crippen LogP) is 1.44. The molecule has 130 valence electrons. The third-order valence-corrected chi connectivity index (χ3v) is 3.33. The molecule has 0 aliphatic heterocycles. The van der Waals surface area contributed by atoms with Crippen molar-refractivity contribution in [3.05, 3.63) is 24.1 Å². The molecule has 0 spiro atoms. The number of nitrogens with zero attached hydrogens (tertiary/aromatic N) is 3. The third-order valence-electron chi connectivity index (χ3n) is 3.33. The molecule has 8 nitrogen and oxygen atoms in total. The lowest BCUT2D eigenvalue weighted by atomic mass is 10.2. The summed E-state index contributed by atoms with van der Waals surface area (Å²) in [6, 6.07) is 5.24. The molecule has 2 rings (SSSR count). The van der Waals surface area contributed by atoms with Gasteiger partial charge in [-0.15, -0.1) is 0 Å². The van der Waals surface area contributed by atoms with Crippen molar-refractivity contribution < 1.29 is 18.8 Å². The third kappa shape index (κ3) is 4.45. The lowest BCUT2D eigenvalue weighted by Crippen LogP contribution is -2.27. The number of methoxy groups -OCH3 is 2. The van der Waals surface area contributed by atoms with Crippen molar-refractivity contribution in [1.29, 1.82) is 0 Å². The zero-order valence-corrected chi connectivity index (χ0v) is 14.3. The van der Waals surface area contributed by atoms with Gasteiger partial charge < -0.3 is 24.2 Å². The molecule has 0 bridgehead atoms. The summed E-state index contributed by atoms with van der Waals surface area (Å²) in [5.74, 6) is 1.02. The molecule has 1 aromatic heterocycles. The summed E-state index contributed by atoms with van der Waals surface area (Å²) in [7, 11) is 7.07. The lowest BCUT2D eigenvalue weighted by molar-refractivity contribution is 0.0908. The number of carbonyl (C=O) groups excluding carboxylic acids is 1. The maximum atomic E-state index is 12.0. The quantitative estimate of drug-likeness (QED) is 0.730. The summed E-state index contributed by atoms with van der Waals surface area (Å²) in [4.78, 5) is 18.2. The fourth-order valence-electron chi connectivity index (χ4n) is 2.08. The van der Waals surface area contributed by atoms with Crippen LogP contribution in [0.15, 0.2) is 22.7 Å². The molecule has 1 aromatic carbocycles. The van der Waals surface area contributed by atoms with E-state index in [9.17, 15) is 4.79 Å². The number of hydrogen-bond acceptors (Lipinski definition) is 7. The maximum absolute atomic E-state index is 12.0. The minimum Gasteiger partial charge on any atom is -0.493 e. The average molecular weight is 334 g/mol. The monoisotopic (exact) mass is 334 g/mol. The fourth-order valence-corrected chi connectivity index (χ4v) is 2.08. The highest BCUT2D eigenvalue weighted by Gasteiger charge is 2.17. The first-order valence-electron chi connectivity index (χ1n) is 7.54. The van der Waals surface area contributed by atoms with Crippen LogP contribution in [0.25, 0.3) is 11.4 Å². The van der Waals surface area contributed by atoms with Crippen LogP contribution in [0.1, 0.15) is 17.1 Å². The minimum absolute atomic E-state index is 0.0652. The number of ether oxygens (including phenoxy) is 2. The Kier molecular flexibility index (Phi) is 6.14. The van der Waals surface area contributed by atoms with Gasteiger partial charge in [0.2, 0.25) is 5.82 Å². The molecule has 0 radical (unpaired) electrons. The van der Waals surface area contributed by atoms with Gasteiger partial charge in [-0.3, -0.25) is 4.79 Å². The van der Waals surface area contributed by atoms with Gasteiger partial charge in [-0.05, 0) is 45.3 Å². The number of amides is 1. The van der Waals surface area contributed by atoms with Gasteiger partial charge in [-0.2, -0.15) is 4.98 Å².